The Morgan fingerprint density at radius 3 is 2.60 bits per heavy atom. The van der Waals surface area contributed by atoms with Gasteiger partial charge in [0.1, 0.15) is 5.82 Å². The van der Waals surface area contributed by atoms with Gasteiger partial charge in [-0.3, -0.25) is 0 Å². The standard InChI is InChI=1S/C21H20ClFN2/c1-24-11-9-18-19-14-16(22)4-7-20(19)25(21(18)10-12-24)13-8-15-2-5-17(23)6-3-15/h2-8,13-14H,9-12H2,1H3/b13-8+. The summed E-state index contributed by atoms with van der Waals surface area (Å²) in [5, 5.41) is 2.01. The van der Waals surface area contributed by atoms with Crippen LogP contribution in [0.15, 0.2) is 42.5 Å². The molecule has 0 fully saturated rings. The van der Waals surface area contributed by atoms with Gasteiger partial charge < -0.3 is 9.47 Å². The first-order valence-electron chi connectivity index (χ1n) is 8.55. The molecule has 0 radical (unpaired) electrons. The minimum atomic E-state index is -0.213. The Morgan fingerprint density at radius 1 is 1.04 bits per heavy atom. The molecule has 0 N–H and O–H groups in total. The molecule has 25 heavy (non-hydrogen) atoms. The summed E-state index contributed by atoms with van der Waals surface area (Å²) in [7, 11) is 2.17. The fourth-order valence-electron chi connectivity index (χ4n) is 3.57. The SMILES string of the molecule is CN1CCc2c(n(/C=C/c3ccc(F)cc3)c3ccc(Cl)cc23)CC1. The largest absolute Gasteiger partial charge is 0.320 e. The number of benzene rings is 2. The molecule has 4 heteroatoms. The second-order valence-electron chi connectivity index (χ2n) is 6.63. The highest BCUT2D eigenvalue weighted by Gasteiger charge is 2.19. The number of hydrogen-bond donors (Lipinski definition) is 0. The van der Waals surface area contributed by atoms with E-state index in [2.05, 4.69) is 34.8 Å². The molecule has 0 aliphatic carbocycles. The van der Waals surface area contributed by atoms with Crippen LogP contribution in [0.5, 0.6) is 0 Å². The van der Waals surface area contributed by atoms with Gasteiger partial charge in [-0.1, -0.05) is 23.7 Å². The van der Waals surface area contributed by atoms with E-state index in [-0.39, 0.29) is 5.82 Å². The van der Waals surface area contributed by atoms with Gasteiger partial charge in [0.05, 0.1) is 5.52 Å². The van der Waals surface area contributed by atoms with Gasteiger partial charge in [-0.05, 0) is 61.0 Å². The van der Waals surface area contributed by atoms with Crippen LogP contribution in [-0.4, -0.2) is 29.6 Å². The average Bonchev–Trinajstić information content (AvgIpc) is 2.75. The fourth-order valence-corrected chi connectivity index (χ4v) is 3.74. The lowest BCUT2D eigenvalue weighted by molar-refractivity contribution is 0.351. The van der Waals surface area contributed by atoms with Crippen molar-refractivity contribution in [3.63, 3.8) is 0 Å². The van der Waals surface area contributed by atoms with E-state index in [1.165, 1.54) is 34.3 Å². The summed E-state index contributed by atoms with van der Waals surface area (Å²) in [6, 6.07) is 12.7. The first kappa shape index (κ1) is 16.4. The summed E-state index contributed by atoms with van der Waals surface area (Å²) in [6.07, 6.45) is 6.15. The van der Waals surface area contributed by atoms with Crippen LogP contribution in [0.4, 0.5) is 4.39 Å². The van der Waals surface area contributed by atoms with Crippen LogP contribution < -0.4 is 0 Å². The molecule has 0 bridgehead atoms. The topological polar surface area (TPSA) is 8.17 Å². The second kappa shape index (κ2) is 6.66. The number of rotatable bonds is 2. The quantitative estimate of drug-likeness (QED) is 0.622. The predicted molar refractivity (Wildman–Crippen MR) is 103 cm³/mol. The van der Waals surface area contributed by atoms with Gasteiger partial charge in [0.2, 0.25) is 0 Å². The zero-order valence-electron chi connectivity index (χ0n) is 14.2. The minimum absolute atomic E-state index is 0.213. The lowest BCUT2D eigenvalue weighted by Gasteiger charge is -2.12. The van der Waals surface area contributed by atoms with Gasteiger partial charge in [-0.2, -0.15) is 0 Å². The first-order valence-corrected chi connectivity index (χ1v) is 8.93. The van der Waals surface area contributed by atoms with Crippen LogP contribution >= 0.6 is 11.6 Å². The van der Waals surface area contributed by atoms with Gasteiger partial charge in [0, 0.05) is 41.8 Å². The summed E-state index contributed by atoms with van der Waals surface area (Å²) >= 11 is 6.25. The van der Waals surface area contributed by atoms with E-state index < -0.39 is 0 Å². The molecule has 3 aromatic rings. The number of aromatic nitrogens is 1. The van der Waals surface area contributed by atoms with Gasteiger partial charge in [0.15, 0.2) is 0 Å². The number of nitrogens with zero attached hydrogens (tertiary/aromatic N) is 2. The number of hydrogen-bond acceptors (Lipinski definition) is 1. The summed E-state index contributed by atoms with van der Waals surface area (Å²) < 4.78 is 15.4. The van der Waals surface area contributed by atoms with E-state index in [0.29, 0.717) is 0 Å². The Balaban J connectivity index is 1.83. The van der Waals surface area contributed by atoms with Crippen LogP contribution in [0.25, 0.3) is 23.2 Å². The molecule has 4 rings (SSSR count). The zero-order valence-corrected chi connectivity index (χ0v) is 14.9. The second-order valence-corrected chi connectivity index (χ2v) is 7.06. The smallest absolute Gasteiger partial charge is 0.123 e. The Labute approximate surface area is 152 Å². The van der Waals surface area contributed by atoms with Crippen LogP contribution in [0.3, 0.4) is 0 Å². The van der Waals surface area contributed by atoms with E-state index in [0.717, 1.165) is 36.5 Å². The third-order valence-corrected chi connectivity index (χ3v) is 5.18. The average molecular weight is 355 g/mol. The zero-order chi connectivity index (χ0) is 17.4. The van der Waals surface area contributed by atoms with Crippen molar-refractivity contribution in [3.05, 3.63) is 70.1 Å². The molecule has 0 amide bonds. The molecule has 2 heterocycles. The van der Waals surface area contributed by atoms with Crippen molar-refractivity contribution in [1.29, 1.82) is 0 Å². The van der Waals surface area contributed by atoms with Crippen molar-refractivity contribution in [3.8, 4) is 0 Å². The fraction of sp³-hybridized carbons (Fsp3) is 0.238. The van der Waals surface area contributed by atoms with Gasteiger partial charge >= 0.3 is 0 Å². The highest BCUT2D eigenvalue weighted by Crippen LogP contribution is 2.31. The first-order chi connectivity index (χ1) is 12.1. The molecule has 1 aliphatic heterocycles. The Bertz CT molecular complexity index is 941. The highest BCUT2D eigenvalue weighted by atomic mass is 35.5. The van der Waals surface area contributed by atoms with E-state index in [1.807, 2.05) is 12.1 Å². The van der Waals surface area contributed by atoms with E-state index in [4.69, 9.17) is 11.6 Å². The number of halogens is 2. The molecular formula is C21H20ClFN2. The number of likely N-dealkylation sites (N-methyl/N-ethyl adjacent to an activating group) is 1. The Hall–Kier alpha value is -2.10. The minimum Gasteiger partial charge on any atom is -0.320 e. The van der Waals surface area contributed by atoms with E-state index >= 15 is 0 Å². The molecule has 0 atom stereocenters. The normalized spacial score (nSPS) is 15.6. The molecule has 128 valence electrons. The monoisotopic (exact) mass is 354 g/mol. The van der Waals surface area contributed by atoms with Crippen LogP contribution in [0, 0.1) is 5.82 Å². The molecule has 1 aliphatic rings. The summed E-state index contributed by atoms with van der Waals surface area (Å²) in [5.41, 5.74) is 4.90. The molecule has 0 unspecified atom stereocenters. The third-order valence-electron chi connectivity index (χ3n) is 4.94. The summed E-state index contributed by atoms with van der Waals surface area (Å²) in [5.74, 6) is -0.213. The van der Waals surface area contributed by atoms with Crippen molar-refractivity contribution in [2.75, 3.05) is 20.1 Å². The molecule has 0 spiro atoms. The van der Waals surface area contributed by atoms with Crippen molar-refractivity contribution in [1.82, 2.24) is 9.47 Å². The maximum Gasteiger partial charge on any atom is 0.123 e. The molecule has 1 aromatic heterocycles. The Morgan fingerprint density at radius 2 is 1.80 bits per heavy atom. The third kappa shape index (κ3) is 3.22. The van der Waals surface area contributed by atoms with Crippen molar-refractivity contribution >= 4 is 34.8 Å². The Kier molecular flexibility index (Phi) is 4.36. The lowest BCUT2D eigenvalue weighted by Crippen LogP contribution is -2.21. The maximum absolute atomic E-state index is 13.1. The lowest BCUT2D eigenvalue weighted by atomic mass is 10.1. The predicted octanol–water partition coefficient (Wildman–Crippen LogP) is 5.09. The molecule has 0 saturated carbocycles. The van der Waals surface area contributed by atoms with Crippen molar-refractivity contribution in [2.24, 2.45) is 0 Å². The molecule has 0 saturated heterocycles. The summed E-state index contributed by atoms with van der Waals surface area (Å²) in [4.78, 5) is 2.37. The van der Waals surface area contributed by atoms with Crippen molar-refractivity contribution in [2.45, 2.75) is 12.8 Å². The van der Waals surface area contributed by atoms with E-state index in [9.17, 15) is 4.39 Å². The van der Waals surface area contributed by atoms with Gasteiger partial charge in [-0.15, -0.1) is 0 Å². The van der Waals surface area contributed by atoms with Crippen LogP contribution in [-0.2, 0) is 12.8 Å². The van der Waals surface area contributed by atoms with Gasteiger partial charge in [0.25, 0.3) is 0 Å². The summed E-state index contributed by atoms with van der Waals surface area (Å²) in [6.45, 7) is 2.10. The van der Waals surface area contributed by atoms with Crippen molar-refractivity contribution < 1.29 is 4.39 Å². The molecule has 2 nitrogen and oxygen atoms in total. The number of fused-ring (bicyclic) bond motifs is 3. The molecular weight excluding hydrogens is 335 g/mol. The van der Waals surface area contributed by atoms with Crippen LogP contribution in [0.1, 0.15) is 16.8 Å². The molecule has 2 aromatic carbocycles. The van der Waals surface area contributed by atoms with Gasteiger partial charge in [-0.25, -0.2) is 4.39 Å². The van der Waals surface area contributed by atoms with E-state index in [1.54, 1.807) is 12.1 Å². The highest BCUT2D eigenvalue weighted by molar-refractivity contribution is 6.31. The van der Waals surface area contributed by atoms with Crippen LogP contribution in [0.2, 0.25) is 5.02 Å². The maximum atomic E-state index is 13.1.